The highest BCUT2D eigenvalue weighted by Gasteiger charge is 2.46. The number of anilines is 2. The average Bonchev–Trinajstić information content (AvgIpc) is 2.96. The van der Waals surface area contributed by atoms with E-state index in [0.29, 0.717) is 17.1 Å². The summed E-state index contributed by atoms with van der Waals surface area (Å²) >= 11 is 0. The highest BCUT2D eigenvalue weighted by atomic mass is 16.5. The molecule has 1 aliphatic heterocycles. The van der Waals surface area contributed by atoms with Crippen molar-refractivity contribution in [3.8, 4) is 5.75 Å². The summed E-state index contributed by atoms with van der Waals surface area (Å²) in [5.41, 5.74) is 1.02. The first-order chi connectivity index (χ1) is 14.0. The molecule has 1 fully saturated rings. The van der Waals surface area contributed by atoms with Crippen LogP contribution in [0.4, 0.5) is 16.2 Å². The molecule has 8 heteroatoms. The van der Waals surface area contributed by atoms with E-state index in [2.05, 4.69) is 5.32 Å². The van der Waals surface area contributed by atoms with Gasteiger partial charge in [0, 0.05) is 25.4 Å². The maximum atomic E-state index is 13.1. The lowest BCUT2D eigenvalue weighted by Gasteiger charge is -2.21. The quantitative estimate of drug-likeness (QED) is 0.692. The lowest BCUT2D eigenvalue weighted by Crippen LogP contribution is -2.39. The molecular weight excluding hydrogens is 374 g/mol. The van der Waals surface area contributed by atoms with E-state index in [-0.39, 0.29) is 25.5 Å². The van der Waals surface area contributed by atoms with Crippen LogP contribution in [-0.4, -0.2) is 56.2 Å². The average molecular weight is 397 g/mol. The molecule has 0 spiro atoms. The van der Waals surface area contributed by atoms with E-state index in [0.717, 1.165) is 4.90 Å². The second kappa shape index (κ2) is 9.20. The predicted molar refractivity (Wildman–Crippen MR) is 108 cm³/mol. The van der Waals surface area contributed by atoms with E-state index in [9.17, 15) is 14.4 Å². The molecule has 0 unspecified atom stereocenters. The zero-order valence-corrected chi connectivity index (χ0v) is 16.3. The second-order valence-electron chi connectivity index (χ2n) is 6.48. The summed E-state index contributed by atoms with van der Waals surface area (Å²) in [6.45, 7) is 0.451. The number of benzene rings is 2. The number of nitrogens with one attached hydrogen (secondary N) is 1. The Balaban J connectivity index is 1.82. The number of methoxy groups -OCH3 is 2. The van der Waals surface area contributed by atoms with E-state index < -0.39 is 18.0 Å². The van der Waals surface area contributed by atoms with Crippen molar-refractivity contribution in [3.63, 3.8) is 0 Å². The zero-order valence-electron chi connectivity index (χ0n) is 16.3. The number of carbonyl (C=O) groups excluding carboxylic acids is 3. The van der Waals surface area contributed by atoms with Gasteiger partial charge in [0.05, 0.1) is 25.8 Å². The van der Waals surface area contributed by atoms with Crippen molar-refractivity contribution in [2.75, 3.05) is 37.6 Å². The fraction of sp³-hybridized carbons (Fsp3) is 0.286. The highest BCUT2D eigenvalue weighted by Crippen LogP contribution is 2.29. The molecule has 2 aromatic rings. The molecule has 29 heavy (non-hydrogen) atoms. The Kier molecular flexibility index (Phi) is 6.46. The van der Waals surface area contributed by atoms with E-state index in [1.54, 1.807) is 48.5 Å². The number of urea groups is 1. The maximum absolute atomic E-state index is 13.1. The SMILES string of the molecule is COCCN1C(=O)N(c2cccc(OC)c2)C(=O)[C@H]1CC(=O)Nc1ccccc1. The summed E-state index contributed by atoms with van der Waals surface area (Å²) in [4.78, 5) is 41.0. The molecule has 1 aliphatic rings. The standard InChI is InChI=1S/C21H23N3O5/c1-28-12-11-23-18(14-19(25)22-15-7-4-3-5-8-15)20(26)24(21(23)27)16-9-6-10-17(13-16)29-2/h3-10,13,18H,11-12,14H2,1-2H3,(H,22,25)/t18-/m1/s1. The molecule has 152 valence electrons. The molecule has 0 aromatic heterocycles. The highest BCUT2D eigenvalue weighted by molar-refractivity contribution is 6.22. The van der Waals surface area contributed by atoms with Gasteiger partial charge >= 0.3 is 6.03 Å². The van der Waals surface area contributed by atoms with Crippen LogP contribution in [0.2, 0.25) is 0 Å². The number of hydrogen-bond acceptors (Lipinski definition) is 5. The molecule has 1 heterocycles. The van der Waals surface area contributed by atoms with Crippen LogP contribution in [0.3, 0.4) is 0 Å². The minimum Gasteiger partial charge on any atom is -0.497 e. The van der Waals surface area contributed by atoms with Crippen molar-refractivity contribution in [2.24, 2.45) is 0 Å². The van der Waals surface area contributed by atoms with Gasteiger partial charge in [-0.2, -0.15) is 0 Å². The number of ether oxygens (including phenoxy) is 2. The van der Waals surface area contributed by atoms with Crippen LogP contribution in [0.5, 0.6) is 5.75 Å². The smallest absolute Gasteiger partial charge is 0.332 e. The fourth-order valence-corrected chi connectivity index (χ4v) is 3.17. The minimum absolute atomic E-state index is 0.149. The van der Waals surface area contributed by atoms with Crippen molar-refractivity contribution < 1.29 is 23.9 Å². The Morgan fingerprint density at radius 2 is 1.83 bits per heavy atom. The number of rotatable bonds is 8. The second-order valence-corrected chi connectivity index (χ2v) is 6.48. The van der Waals surface area contributed by atoms with Gasteiger partial charge in [-0.25, -0.2) is 9.69 Å². The van der Waals surface area contributed by atoms with Crippen molar-refractivity contribution in [2.45, 2.75) is 12.5 Å². The fourth-order valence-electron chi connectivity index (χ4n) is 3.17. The Morgan fingerprint density at radius 1 is 1.07 bits per heavy atom. The van der Waals surface area contributed by atoms with Gasteiger partial charge in [0.15, 0.2) is 0 Å². The predicted octanol–water partition coefficient (Wildman–Crippen LogP) is 2.51. The first kappa shape index (κ1) is 20.3. The number of para-hydroxylation sites is 1. The van der Waals surface area contributed by atoms with Crippen LogP contribution in [-0.2, 0) is 14.3 Å². The van der Waals surface area contributed by atoms with E-state index in [4.69, 9.17) is 9.47 Å². The van der Waals surface area contributed by atoms with Crippen LogP contribution < -0.4 is 15.0 Å². The number of nitrogens with zero attached hydrogens (tertiary/aromatic N) is 2. The van der Waals surface area contributed by atoms with Crippen molar-refractivity contribution in [1.82, 2.24) is 4.90 Å². The zero-order chi connectivity index (χ0) is 20.8. The summed E-state index contributed by atoms with van der Waals surface area (Å²) < 4.78 is 10.3. The summed E-state index contributed by atoms with van der Waals surface area (Å²) in [6.07, 6.45) is -0.149. The largest absolute Gasteiger partial charge is 0.497 e. The molecule has 0 aliphatic carbocycles. The molecular formula is C21H23N3O5. The Labute approximate surface area is 169 Å². The third-order valence-corrected chi connectivity index (χ3v) is 4.60. The number of carbonyl (C=O) groups is 3. The van der Waals surface area contributed by atoms with Gasteiger partial charge < -0.3 is 19.7 Å². The first-order valence-corrected chi connectivity index (χ1v) is 9.17. The molecule has 3 rings (SSSR count). The Morgan fingerprint density at radius 3 is 2.52 bits per heavy atom. The summed E-state index contributed by atoms with van der Waals surface area (Å²) in [5.74, 6) is -0.281. The topological polar surface area (TPSA) is 88.2 Å². The third kappa shape index (κ3) is 4.55. The summed E-state index contributed by atoms with van der Waals surface area (Å²) in [5, 5.41) is 2.75. The molecule has 0 radical (unpaired) electrons. The molecule has 1 N–H and O–H groups in total. The molecule has 1 atom stereocenters. The summed E-state index contributed by atoms with van der Waals surface area (Å²) in [7, 11) is 3.02. The van der Waals surface area contributed by atoms with Gasteiger partial charge in [0.1, 0.15) is 11.8 Å². The van der Waals surface area contributed by atoms with Crippen LogP contribution in [0, 0.1) is 0 Å². The van der Waals surface area contributed by atoms with Crippen molar-refractivity contribution in [3.05, 3.63) is 54.6 Å². The Bertz CT molecular complexity index is 887. The van der Waals surface area contributed by atoms with Gasteiger partial charge in [-0.05, 0) is 24.3 Å². The van der Waals surface area contributed by atoms with Crippen LogP contribution in [0.25, 0.3) is 0 Å². The number of imide groups is 1. The van der Waals surface area contributed by atoms with Gasteiger partial charge in [0.25, 0.3) is 5.91 Å². The van der Waals surface area contributed by atoms with Crippen LogP contribution >= 0.6 is 0 Å². The molecule has 8 nitrogen and oxygen atoms in total. The van der Waals surface area contributed by atoms with Crippen LogP contribution in [0.1, 0.15) is 6.42 Å². The molecule has 0 bridgehead atoms. The third-order valence-electron chi connectivity index (χ3n) is 4.60. The first-order valence-electron chi connectivity index (χ1n) is 9.17. The normalized spacial score (nSPS) is 16.3. The van der Waals surface area contributed by atoms with Gasteiger partial charge in [-0.15, -0.1) is 0 Å². The van der Waals surface area contributed by atoms with Gasteiger partial charge in [-0.3, -0.25) is 9.59 Å². The van der Waals surface area contributed by atoms with Crippen LogP contribution in [0.15, 0.2) is 54.6 Å². The van der Waals surface area contributed by atoms with Crippen molar-refractivity contribution >= 4 is 29.2 Å². The molecule has 2 aromatic carbocycles. The lowest BCUT2D eigenvalue weighted by atomic mass is 10.1. The molecule has 0 saturated carbocycles. The lowest BCUT2D eigenvalue weighted by molar-refractivity contribution is -0.124. The number of hydrogen-bond donors (Lipinski definition) is 1. The van der Waals surface area contributed by atoms with Crippen molar-refractivity contribution in [1.29, 1.82) is 0 Å². The van der Waals surface area contributed by atoms with E-state index in [1.807, 2.05) is 6.07 Å². The monoisotopic (exact) mass is 397 g/mol. The van der Waals surface area contributed by atoms with E-state index in [1.165, 1.54) is 19.1 Å². The van der Waals surface area contributed by atoms with Gasteiger partial charge in [0.2, 0.25) is 5.91 Å². The molecule has 4 amide bonds. The number of amides is 4. The maximum Gasteiger partial charge on any atom is 0.332 e. The summed E-state index contributed by atoms with van der Waals surface area (Å²) in [6, 6.07) is 14.2. The Hall–Kier alpha value is -3.39. The van der Waals surface area contributed by atoms with E-state index >= 15 is 0 Å². The van der Waals surface area contributed by atoms with Gasteiger partial charge in [-0.1, -0.05) is 24.3 Å². The minimum atomic E-state index is -0.910. The molecule has 1 saturated heterocycles.